The number of fused-ring (bicyclic) bond motifs is 1. The Balaban J connectivity index is 1.79. The van der Waals surface area contributed by atoms with E-state index in [0.717, 1.165) is 11.3 Å². The SMILES string of the molecule is Fc1ccc(C2=Nc3nnnn3C(c3cccs3)C2)cc1. The first-order chi connectivity index (χ1) is 10.3. The summed E-state index contributed by atoms with van der Waals surface area (Å²) in [6.07, 6.45) is 0.685. The summed E-state index contributed by atoms with van der Waals surface area (Å²) in [5.74, 6) is 0.230. The van der Waals surface area contributed by atoms with Crippen LogP contribution < -0.4 is 0 Å². The van der Waals surface area contributed by atoms with Gasteiger partial charge in [0.2, 0.25) is 0 Å². The largest absolute Gasteiger partial charge is 0.269 e. The standard InChI is InChI=1S/C14H10FN5S/c15-10-5-3-9(4-6-10)11-8-12(13-2-1-7-21-13)20-14(16-11)17-18-19-20/h1-7,12H,8H2. The topological polar surface area (TPSA) is 56.0 Å². The van der Waals surface area contributed by atoms with Gasteiger partial charge < -0.3 is 0 Å². The average molecular weight is 299 g/mol. The fourth-order valence-electron chi connectivity index (χ4n) is 2.43. The molecule has 104 valence electrons. The molecule has 2 aromatic heterocycles. The van der Waals surface area contributed by atoms with Gasteiger partial charge in [0.05, 0.1) is 11.8 Å². The predicted molar refractivity (Wildman–Crippen MR) is 77.5 cm³/mol. The lowest BCUT2D eigenvalue weighted by atomic mass is 10.0. The smallest absolute Gasteiger partial charge is 0.214 e. The van der Waals surface area contributed by atoms with Crippen molar-refractivity contribution in [3.63, 3.8) is 0 Å². The van der Waals surface area contributed by atoms with Crippen molar-refractivity contribution in [2.45, 2.75) is 12.5 Å². The lowest BCUT2D eigenvalue weighted by Gasteiger charge is -2.21. The molecule has 0 radical (unpaired) electrons. The first kappa shape index (κ1) is 12.3. The van der Waals surface area contributed by atoms with Gasteiger partial charge in [-0.25, -0.2) is 14.1 Å². The van der Waals surface area contributed by atoms with E-state index in [1.165, 1.54) is 17.0 Å². The summed E-state index contributed by atoms with van der Waals surface area (Å²) in [4.78, 5) is 5.67. The van der Waals surface area contributed by atoms with Crippen LogP contribution in [-0.4, -0.2) is 25.9 Å². The molecule has 0 aliphatic carbocycles. The zero-order valence-corrected chi connectivity index (χ0v) is 11.7. The lowest BCUT2D eigenvalue weighted by Crippen LogP contribution is -2.20. The third-order valence-electron chi connectivity index (χ3n) is 3.44. The Morgan fingerprint density at radius 2 is 2.05 bits per heavy atom. The van der Waals surface area contributed by atoms with Gasteiger partial charge in [-0.05, 0) is 39.6 Å². The highest BCUT2D eigenvalue weighted by Gasteiger charge is 2.27. The second-order valence-corrected chi connectivity index (χ2v) is 5.70. The van der Waals surface area contributed by atoms with Crippen LogP contribution in [0.25, 0.3) is 0 Å². The van der Waals surface area contributed by atoms with Crippen molar-refractivity contribution in [3.05, 3.63) is 58.0 Å². The summed E-state index contributed by atoms with van der Waals surface area (Å²) in [5, 5.41) is 13.7. The summed E-state index contributed by atoms with van der Waals surface area (Å²) in [6.45, 7) is 0. The number of tetrazole rings is 1. The van der Waals surface area contributed by atoms with Gasteiger partial charge in [-0.1, -0.05) is 23.3 Å². The van der Waals surface area contributed by atoms with E-state index in [-0.39, 0.29) is 11.9 Å². The molecular formula is C14H10FN5S. The van der Waals surface area contributed by atoms with Gasteiger partial charge in [0.15, 0.2) is 0 Å². The molecule has 0 saturated heterocycles. The minimum Gasteiger partial charge on any atom is -0.214 e. The predicted octanol–water partition coefficient (Wildman–Crippen LogP) is 2.99. The van der Waals surface area contributed by atoms with Crippen molar-refractivity contribution in [1.29, 1.82) is 0 Å². The average Bonchev–Trinajstić information content (AvgIpc) is 3.18. The van der Waals surface area contributed by atoms with Crippen LogP contribution in [0.15, 0.2) is 46.8 Å². The quantitative estimate of drug-likeness (QED) is 0.731. The molecule has 0 amide bonds. The van der Waals surface area contributed by atoms with Crippen molar-refractivity contribution in [1.82, 2.24) is 20.2 Å². The molecule has 0 saturated carbocycles. The molecule has 1 aliphatic heterocycles. The van der Waals surface area contributed by atoms with Crippen molar-refractivity contribution in [2.24, 2.45) is 4.99 Å². The molecule has 1 unspecified atom stereocenters. The maximum atomic E-state index is 13.1. The second kappa shape index (κ2) is 4.85. The number of aromatic nitrogens is 4. The summed E-state index contributed by atoms with van der Waals surface area (Å²) in [7, 11) is 0. The van der Waals surface area contributed by atoms with Gasteiger partial charge in [-0.3, -0.25) is 0 Å². The normalized spacial score (nSPS) is 17.4. The number of thiophene rings is 1. The van der Waals surface area contributed by atoms with Crippen LogP contribution in [0.5, 0.6) is 0 Å². The van der Waals surface area contributed by atoms with Crippen LogP contribution in [0.2, 0.25) is 0 Å². The molecule has 0 fully saturated rings. The molecule has 1 atom stereocenters. The van der Waals surface area contributed by atoms with Crippen molar-refractivity contribution < 1.29 is 4.39 Å². The maximum Gasteiger partial charge on any atom is 0.269 e. The number of hydrogen-bond acceptors (Lipinski definition) is 5. The summed E-state index contributed by atoms with van der Waals surface area (Å²) in [5.41, 5.74) is 1.77. The Labute approximate surface area is 123 Å². The molecule has 3 heterocycles. The van der Waals surface area contributed by atoms with E-state index >= 15 is 0 Å². The molecule has 7 heteroatoms. The maximum absolute atomic E-state index is 13.1. The zero-order chi connectivity index (χ0) is 14.2. The molecule has 0 spiro atoms. The van der Waals surface area contributed by atoms with E-state index in [0.29, 0.717) is 12.4 Å². The molecule has 3 aromatic rings. The fourth-order valence-corrected chi connectivity index (χ4v) is 3.24. The number of rotatable bonds is 2. The Bertz CT molecular complexity index is 791. The van der Waals surface area contributed by atoms with Gasteiger partial charge in [0.25, 0.3) is 5.95 Å². The Kier molecular flexibility index (Phi) is 2.85. The molecule has 0 bridgehead atoms. The number of halogens is 1. The van der Waals surface area contributed by atoms with Crippen molar-refractivity contribution in [3.8, 4) is 0 Å². The van der Waals surface area contributed by atoms with Crippen molar-refractivity contribution >= 4 is 23.0 Å². The van der Waals surface area contributed by atoms with E-state index in [9.17, 15) is 4.39 Å². The van der Waals surface area contributed by atoms with Crippen LogP contribution in [-0.2, 0) is 0 Å². The highest BCUT2D eigenvalue weighted by molar-refractivity contribution is 7.10. The molecule has 0 N–H and O–H groups in total. The summed E-state index contributed by atoms with van der Waals surface area (Å²) < 4.78 is 14.8. The second-order valence-electron chi connectivity index (χ2n) is 4.72. The van der Waals surface area contributed by atoms with Crippen LogP contribution in [0, 0.1) is 5.82 Å². The molecule has 1 aliphatic rings. The monoisotopic (exact) mass is 299 g/mol. The number of hydrogen-bond donors (Lipinski definition) is 0. The molecule has 21 heavy (non-hydrogen) atoms. The van der Waals surface area contributed by atoms with Gasteiger partial charge in [-0.2, -0.15) is 0 Å². The minimum atomic E-state index is -0.255. The van der Waals surface area contributed by atoms with Gasteiger partial charge in [0, 0.05) is 11.3 Å². The fraction of sp³-hybridized carbons (Fsp3) is 0.143. The minimum absolute atomic E-state index is 0.0348. The summed E-state index contributed by atoms with van der Waals surface area (Å²) in [6, 6.07) is 10.5. The number of aliphatic imine (C=N–C) groups is 1. The zero-order valence-electron chi connectivity index (χ0n) is 10.8. The van der Waals surface area contributed by atoms with Gasteiger partial charge in [0.1, 0.15) is 5.82 Å². The Morgan fingerprint density at radius 3 is 2.81 bits per heavy atom. The Morgan fingerprint density at radius 1 is 1.19 bits per heavy atom. The molecular weight excluding hydrogens is 289 g/mol. The van der Waals surface area contributed by atoms with E-state index in [1.54, 1.807) is 28.2 Å². The van der Waals surface area contributed by atoms with Crippen LogP contribution in [0.3, 0.4) is 0 Å². The number of benzene rings is 1. The van der Waals surface area contributed by atoms with E-state index in [1.807, 2.05) is 11.4 Å². The first-order valence-corrected chi connectivity index (χ1v) is 7.34. The highest BCUT2D eigenvalue weighted by Crippen LogP contribution is 2.33. The third kappa shape index (κ3) is 2.15. The van der Waals surface area contributed by atoms with Crippen LogP contribution in [0.1, 0.15) is 22.9 Å². The Hall–Kier alpha value is -2.41. The van der Waals surface area contributed by atoms with Crippen LogP contribution in [0.4, 0.5) is 10.3 Å². The first-order valence-electron chi connectivity index (χ1n) is 6.46. The lowest BCUT2D eigenvalue weighted by molar-refractivity contribution is 0.522. The van der Waals surface area contributed by atoms with Gasteiger partial charge >= 0.3 is 0 Å². The van der Waals surface area contributed by atoms with Crippen molar-refractivity contribution in [2.75, 3.05) is 0 Å². The van der Waals surface area contributed by atoms with E-state index < -0.39 is 0 Å². The highest BCUT2D eigenvalue weighted by atomic mass is 32.1. The summed E-state index contributed by atoms with van der Waals surface area (Å²) >= 11 is 1.66. The van der Waals surface area contributed by atoms with Gasteiger partial charge in [-0.15, -0.1) is 11.3 Å². The molecule has 5 nitrogen and oxygen atoms in total. The van der Waals surface area contributed by atoms with Crippen LogP contribution >= 0.6 is 11.3 Å². The molecule has 1 aromatic carbocycles. The van der Waals surface area contributed by atoms with E-state index in [4.69, 9.17) is 0 Å². The number of nitrogens with zero attached hydrogens (tertiary/aromatic N) is 5. The molecule has 4 rings (SSSR count). The third-order valence-corrected chi connectivity index (χ3v) is 4.41. The van der Waals surface area contributed by atoms with E-state index in [2.05, 4.69) is 26.6 Å².